The quantitative estimate of drug-likeness (QED) is 0.625. The van der Waals surface area contributed by atoms with Crippen LogP contribution in [-0.4, -0.2) is 23.3 Å². The number of aromatic nitrogens is 2. The van der Waals surface area contributed by atoms with Crippen molar-refractivity contribution in [3.8, 4) is 0 Å². The van der Waals surface area contributed by atoms with Crippen LogP contribution in [0.1, 0.15) is 0 Å². The Morgan fingerprint density at radius 2 is 1.90 bits per heavy atom. The lowest BCUT2D eigenvalue weighted by Crippen LogP contribution is -2.13. The van der Waals surface area contributed by atoms with Crippen LogP contribution in [0, 0.1) is 11.6 Å². The van der Waals surface area contributed by atoms with E-state index in [9.17, 15) is 13.3 Å². The molecule has 0 radical (unpaired) electrons. The molecule has 2 aromatic rings. The Balaban J connectivity index is 2.56. The molecule has 1 aromatic carbocycles. The number of anilines is 2. The minimum Gasteiger partial charge on any atom is -0.338 e. The van der Waals surface area contributed by atoms with Gasteiger partial charge in [0.15, 0.2) is 11.6 Å². The minimum atomic E-state index is -2.83. The highest BCUT2D eigenvalue weighted by molar-refractivity contribution is 9.10. The van der Waals surface area contributed by atoms with Crippen molar-refractivity contribution in [2.24, 2.45) is 0 Å². The second kappa shape index (κ2) is 5.99. The summed E-state index contributed by atoms with van der Waals surface area (Å²) in [6.45, 7) is 2.93. The summed E-state index contributed by atoms with van der Waals surface area (Å²) in [6, 6.07) is 1.86. The van der Waals surface area contributed by atoms with E-state index in [4.69, 9.17) is 11.6 Å². The third kappa shape index (κ3) is 3.78. The van der Waals surface area contributed by atoms with Crippen molar-refractivity contribution in [1.82, 2.24) is 9.97 Å². The monoisotopic (exact) mass is 395 g/mol. The van der Waals surface area contributed by atoms with E-state index in [2.05, 4.69) is 31.2 Å². The third-order valence-electron chi connectivity index (χ3n) is 2.59. The van der Waals surface area contributed by atoms with Crippen LogP contribution in [0.5, 0.6) is 0 Å². The molecule has 0 saturated heterocycles. The van der Waals surface area contributed by atoms with Crippen molar-refractivity contribution >= 4 is 51.5 Å². The van der Waals surface area contributed by atoms with E-state index in [0.29, 0.717) is 4.47 Å². The van der Waals surface area contributed by atoms with E-state index in [1.54, 1.807) is 0 Å². The van der Waals surface area contributed by atoms with Crippen LogP contribution in [0.25, 0.3) is 0 Å². The summed E-state index contributed by atoms with van der Waals surface area (Å²) >= 11 is 8.91. The van der Waals surface area contributed by atoms with Crippen LogP contribution < -0.4 is 10.6 Å². The van der Waals surface area contributed by atoms with E-state index in [-0.39, 0.29) is 22.1 Å². The molecule has 0 spiro atoms. The number of rotatable bonds is 3. The highest BCUT2D eigenvalue weighted by atomic mass is 79.9. The molecule has 0 amide bonds. The van der Waals surface area contributed by atoms with Crippen molar-refractivity contribution in [3.63, 3.8) is 0 Å². The van der Waals surface area contributed by atoms with Crippen LogP contribution >= 0.6 is 34.7 Å². The van der Waals surface area contributed by atoms with Crippen LogP contribution in [0.2, 0.25) is 5.28 Å². The zero-order valence-electron chi connectivity index (χ0n) is 11.0. The predicted molar refractivity (Wildman–Crippen MR) is 83.5 cm³/mol. The maximum atomic E-state index is 13.5. The number of hydrogen-bond donors (Lipinski definition) is 1. The molecule has 0 fully saturated rings. The molecular formula is C12H10BrClF2N3OP. The lowest BCUT2D eigenvalue weighted by molar-refractivity contribution is 0.510. The zero-order chi connectivity index (χ0) is 15.8. The number of nitrogens with zero attached hydrogens (tertiary/aromatic N) is 2. The van der Waals surface area contributed by atoms with Gasteiger partial charge >= 0.3 is 0 Å². The SMILES string of the molecule is CP(C)(=O)c1cc(F)c(F)cc1Nc1nc(Cl)ncc1Br. The molecular weight excluding hydrogens is 386 g/mol. The molecule has 0 unspecified atom stereocenters. The molecule has 4 nitrogen and oxygen atoms in total. The number of hydrogen-bond acceptors (Lipinski definition) is 4. The van der Waals surface area contributed by atoms with Crippen molar-refractivity contribution in [1.29, 1.82) is 0 Å². The molecule has 0 aliphatic rings. The van der Waals surface area contributed by atoms with E-state index in [0.717, 1.165) is 12.1 Å². The normalized spacial score (nSPS) is 11.5. The zero-order valence-corrected chi connectivity index (χ0v) is 14.2. The van der Waals surface area contributed by atoms with Gasteiger partial charge in [0.25, 0.3) is 0 Å². The van der Waals surface area contributed by atoms with E-state index in [1.807, 2.05) is 0 Å². The summed E-state index contributed by atoms with van der Waals surface area (Å²) in [5.74, 6) is -1.85. The lowest BCUT2D eigenvalue weighted by Gasteiger charge is -2.16. The number of nitrogens with one attached hydrogen (secondary N) is 1. The van der Waals surface area contributed by atoms with Crippen LogP contribution in [0.3, 0.4) is 0 Å². The Morgan fingerprint density at radius 1 is 1.29 bits per heavy atom. The van der Waals surface area contributed by atoms with Gasteiger partial charge in [0.2, 0.25) is 5.28 Å². The highest BCUT2D eigenvalue weighted by Gasteiger charge is 2.20. The first-order valence-electron chi connectivity index (χ1n) is 5.68. The Hall–Kier alpha value is -1.04. The van der Waals surface area contributed by atoms with Crippen molar-refractivity contribution in [3.05, 3.63) is 39.7 Å². The van der Waals surface area contributed by atoms with Gasteiger partial charge in [-0.15, -0.1) is 0 Å². The molecule has 0 atom stereocenters. The average molecular weight is 397 g/mol. The van der Waals surface area contributed by atoms with Crippen molar-refractivity contribution in [2.45, 2.75) is 0 Å². The lowest BCUT2D eigenvalue weighted by atomic mass is 10.3. The summed E-state index contributed by atoms with van der Waals surface area (Å²) in [5.41, 5.74) is 0.165. The van der Waals surface area contributed by atoms with E-state index in [1.165, 1.54) is 19.5 Å². The molecule has 9 heteroatoms. The average Bonchev–Trinajstić information content (AvgIpc) is 2.36. The maximum absolute atomic E-state index is 13.5. The summed E-state index contributed by atoms with van der Waals surface area (Å²) in [5, 5.41) is 2.97. The third-order valence-corrected chi connectivity index (χ3v) is 4.88. The van der Waals surface area contributed by atoms with E-state index < -0.39 is 18.8 Å². The fourth-order valence-corrected chi connectivity index (χ4v) is 3.19. The largest absolute Gasteiger partial charge is 0.338 e. The van der Waals surface area contributed by atoms with Crippen LogP contribution in [0.4, 0.5) is 20.3 Å². The Morgan fingerprint density at radius 3 is 2.52 bits per heavy atom. The number of benzene rings is 1. The van der Waals surface area contributed by atoms with Crippen molar-refractivity contribution < 1.29 is 13.3 Å². The van der Waals surface area contributed by atoms with Gasteiger partial charge in [0.1, 0.15) is 13.0 Å². The molecule has 21 heavy (non-hydrogen) atoms. The van der Waals surface area contributed by atoms with E-state index >= 15 is 0 Å². The van der Waals surface area contributed by atoms with Gasteiger partial charge in [-0.25, -0.2) is 13.8 Å². The fourth-order valence-electron chi connectivity index (χ4n) is 1.64. The molecule has 0 aliphatic heterocycles. The van der Waals surface area contributed by atoms with Crippen LogP contribution in [0.15, 0.2) is 22.8 Å². The Bertz CT molecular complexity index is 754. The second-order valence-corrected chi connectivity index (χ2v) is 8.97. The minimum absolute atomic E-state index is 0.0130. The summed E-state index contributed by atoms with van der Waals surface area (Å²) < 4.78 is 39.6. The first-order valence-corrected chi connectivity index (χ1v) is 9.45. The molecule has 2 rings (SSSR count). The molecule has 1 aromatic heterocycles. The van der Waals surface area contributed by atoms with Gasteiger partial charge in [0.05, 0.1) is 10.2 Å². The smallest absolute Gasteiger partial charge is 0.224 e. The van der Waals surface area contributed by atoms with Gasteiger partial charge < -0.3 is 9.88 Å². The number of halogens is 4. The Labute approximate surface area is 133 Å². The summed E-state index contributed by atoms with van der Waals surface area (Å²) in [6.07, 6.45) is 1.41. The second-order valence-electron chi connectivity index (χ2n) is 4.59. The fraction of sp³-hybridized carbons (Fsp3) is 0.167. The van der Waals surface area contributed by atoms with Gasteiger partial charge in [0, 0.05) is 17.6 Å². The van der Waals surface area contributed by atoms with Gasteiger partial charge in [-0.05, 0) is 46.9 Å². The molecule has 1 heterocycles. The molecule has 0 aliphatic carbocycles. The molecule has 112 valence electrons. The summed E-state index contributed by atoms with van der Waals surface area (Å²) in [4.78, 5) is 7.70. The Kier molecular flexibility index (Phi) is 4.66. The maximum Gasteiger partial charge on any atom is 0.224 e. The van der Waals surface area contributed by atoms with Gasteiger partial charge in [-0.1, -0.05) is 0 Å². The first-order chi connectivity index (χ1) is 9.68. The molecule has 0 saturated carbocycles. The predicted octanol–water partition coefficient (Wildman–Crippen LogP) is 4.16. The first kappa shape index (κ1) is 16.3. The summed E-state index contributed by atoms with van der Waals surface area (Å²) in [7, 11) is -2.83. The van der Waals surface area contributed by atoms with Gasteiger partial charge in [-0.3, -0.25) is 0 Å². The highest BCUT2D eigenvalue weighted by Crippen LogP contribution is 2.39. The standard InChI is InChI=1S/C12H10BrClF2N3OP/c1-21(2,20)10-4-8(16)7(15)3-9(10)18-11-6(13)5-17-12(14)19-11/h3-5H,1-2H3,(H,17,18,19). The van der Waals surface area contributed by atoms with Crippen LogP contribution in [-0.2, 0) is 4.57 Å². The topological polar surface area (TPSA) is 54.9 Å². The molecule has 0 bridgehead atoms. The van der Waals surface area contributed by atoms with Gasteiger partial charge in [-0.2, -0.15) is 4.98 Å². The van der Waals surface area contributed by atoms with Crippen molar-refractivity contribution in [2.75, 3.05) is 18.6 Å². The molecule has 1 N–H and O–H groups in total.